The predicted octanol–water partition coefficient (Wildman–Crippen LogP) is 4.12. The Bertz CT molecular complexity index is 371. The quantitative estimate of drug-likeness (QED) is 0.772. The number of nitrogens with one attached hydrogen (secondary N) is 2. The molecule has 0 heterocycles. The Labute approximate surface area is 143 Å². The lowest BCUT2D eigenvalue weighted by Gasteiger charge is -2.39. The molecule has 3 nitrogen and oxygen atoms in total. The average Bonchev–Trinajstić information content (AvgIpc) is 2.52. The summed E-state index contributed by atoms with van der Waals surface area (Å²) in [6.45, 7) is 10.0. The van der Waals surface area contributed by atoms with E-state index in [1.807, 2.05) is 6.92 Å². The van der Waals surface area contributed by atoms with Crippen LogP contribution in [-0.4, -0.2) is 24.5 Å². The van der Waals surface area contributed by atoms with Gasteiger partial charge in [0.25, 0.3) is 0 Å². The van der Waals surface area contributed by atoms with Crippen molar-refractivity contribution in [1.29, 1.82) is 0 Å². The van der Waals surface area contributed by atoms with Gasteiger partial charge in [0.1, 0.15) is 0 Å². The van der Waals surface area contributed by atoms with E-state index in [1.165, 1.54) is 44.9 Å². The lowest BCUT2D eigenvalue weighted by Crippen LogP contribution is -2.43. The van der Waals surface area contributed by atoms with Gasteiger partial charge in [-0.2, -0.15) is 0 Å². The number of amides is 1. The minimum atomic E-state index is 0.218. The van der Waals surface area contributed by atoms with Gasteiger partial charge < -0.3 is 10.6 Å². The predicted molar refractivity (Wildman–Crippen MR) is 97.3 cm³/mol. The van der Waals surface area contributed by atoms with Crippen LogP contribution in [0, 0.1) is 23.7 Å². The molecule has 2 rings (SSSR count). The molecule has 2 aliphatic rings. The first kappa shape index (κ1) is 18.8. The topological polar surface area (TPSA) is 41.1 Å². The second-order valence-electron chi connectivity index (χ2n) is 8.24. The first-order chi connectivity index (χ1) is 11.0. The van der Waals surface area contributed by atoms with E-state index in [1.54, 1.807) is 0 Å². The molecule has 2 aliphatic carbocycles. The Balaban J connectivity index is 1.74. The van der Waals surface area contributed by atoms with Crippen LogP contribution in [0.2, 0.25) is 0 Å². The molecule has 23 heavy (non-hydrogen) atoms. The zero-order valence-electron chi connectivity index (χ0n) is 15.7. The lowest BCUT2D eigenvalue weighted by atomic mass is 9.70. The van der Waals surface area contributed by atoms with Crippen molar-refractivity contribution in [3.05, 3.63) is 0 Å². The van der Waals surface area contributed by atoms with Crippen molar-refractivity contribution in [2.45, 2.75) is 91.1 Å². The molecule has 0 radical (unpaired) electrons. The van der Waals surface area contributed by atoms with Crippen LogP contribution in [0.25, 0.3) is 0 Å². The van der Waals surface area contributed by atoms with Gasteiger partial charge >= 0.3 is 0 Å². The van der Waals surface area contributed by atoms with Crippen molar-refractivity contribution in [2.24, 2.45) is 23.7 Å². The van der Waals surface area contributed by atoms with Crippen LogP contribution in [0.1, 0.15) is 79.1 Å². The van der Waals surface area contributed by atoms with Gasteiger partial charge in [0.15, 0.2) is 0 Å². The molecule has 2 fully saturated rings. The van der Waals surface area contributed by atoms with Crippen molar-refractivity contribution in [3.8, 4) is 0 Å². The van der Waals surface area contributed by atoms with Crippen molar-refractivity contribution >= 4 is 5.91 Å². The van der Waals surface area contributed by atoms with Crippen LogP contribution >= 0.6 is 0 Å². The van der Waals surface area contributed by atoms with E-state index in [2.05, 4.69) is 31.4 Å². The van der Waals surface area contributed by atoms with E-state index >= 15 is 0 Å². The van der Waals surface area contributed by atoms with Crippen LogP contribution in [0.3, 0.4) is 0 Å². The molecule has 1 amide bonds. The number of hydrogen-bond donors (Lipinski definition) is 2. The second kappa shape index (κ2) is 9.05. The summed E-state index contributed by atoms with van der Waals surface area (Å²) < 4.78 is 0. The molecule has 6 unspecified atom stereocenters. The first-order valence-electron chi connectivity index (χ1n) is 10.1. The summed E-state index contributed by atoms with van der Waals surface area (Å²) in [5, 5.41) is 6.88. The third-order valence-corrected chi connectivity index (χ3v) is 6.36. The number of hydrogen-bond acceptors (Lipinski definition) is 2. The van der Waals surface area contributed by atoms with Crippen LogP contribution in [-0.2, 0) is 4.79 Å². The summed E-state index contributed by atoms with van der Waals surface area (Å²) in [7, 11) is 0. The lowest BCUT2D eigenvalue weighted by molar-refractivity contribution is -0.122. The van der Waals surface area contributed by atoms with E-state index in [4.69, 9.17) is 0 Å². The maximum atomic E-state index is 11.6. The van der Waals surface area contributed by atoms with Crippen LogP contribution in [0.4, 0.5) is 0 Å². The summed E-state index contributed by atoms with van der Waals surface area (Å²) in [5.41, 5.74) is 0. The van der Waals surface area contributed by atoms with Gasteiger partial charge in [-0.15, -0.1) is 0 Å². The standard InChI is InChI=1S/C20H38N2O/c1-5-20(23)22-19-10-8-17(12-15(19)4)13-16-7-9-18(21-6-2)14(3)11-16/h14-19,21H,5-13H2,1-4H3,(H,22,23). The van der Waals surface area contributed by atoms with E-state index in [-0.39, 0.29) is 5.91 Å². The minimum absolute atomic E-state index is 0.218. The van der Waals surface area contributed by atoms with Crippen molar-refractivity contribution in [2.75, 3.05) is 6.54 Å². The number of carbonyl (C=O) groups is 1. The molecule has 0 aromatic heterocycles. The molecule has 2 saturated carbocycles. The molecule has 0 aliphatic heterocycles. The van der Waals surface area contributed by atoms with Gasteiger partial charge in [0.2, 0.25) is 5.91 Å². The van der Waals surface area contributed by atoms with Gasteiger partial charge in [0, 0.05) is 18.5 Å². The van der Waals surface area contributed by atoms with Crippen molar-refractivity contribution < 1.29 is 4.79 Å². The van der Waals surface area contributed by atoms with E-state index < -0.39 is 0 Å². The Morgan fingerprint density at radius 1 is 0.913 bits per heavy atom. The molecule has 3 heteroatoms. The highest BCUT2D eigenvalue weighted by Gasteiger charge is 2.32. The van der Waals surface area contributed by atoms with Crippen LogP contribution in [0.15, 0.2) is 0 Å². The van der Waals surface area contributed by atoms with Gasteiger partial charge in [-0.05, 0) is 75.2 Å². The summed E-state index contributed by atoms with van der Waals surface area (Å²) in [6, 6.07) is 1.16. The molecule has 0 bridgehead atoms. The van der Waals surface area contributed by atoms with Gasteiger partial charge in [-0.25, -0.2) is 0 Å². The van der Waals surface area contributed by atoms with Gasteiger partial charge in [-0.3, -0.25) is 4.79 Å². The molecule has 134 valence electrons. The van der Waals surface area contributed by atoms with Crippen molar-refractivity contribution in [1.82, 2.24) is 10.6 Å². The number of rotatable bonds is 6. The normalized spacial score (nSPS) is 38.3. The summed E-state index contributed by atoms with van der Waals surface area (Å²) in [5.74, 6) is 3.49. The SMILES string of the molecule is CCNC1CCC(CC2CCC(NC(=O)CC)C(C)C2)CC1C. The highest BCUT2D eigenvalue weighted by Crippen LogP contribution is 2.38. The fourth-order valence-electron chi connectivity index (χ4n) is 5.00. The highest BCUT2D eigenvalue weighted by atomic mass is 16.1. The molecular weight excluding hydrogens is 284 g/mol. The first-order valence-corrected chi connectivity index (χ1v) is 10.1. The molecular formula is C20H38N2O. The zero-order chi connectivity index (χ0) is 16.8. The fourth-order valence-corrected chi connectivity index (χ4v) is 5.00. The monoisotopic (exact) mass is 322 g/mol. The maximum Gasteiger partial charge on any atom is 0.219 e. The Hall–Kier alpha value is -0.570. The largest absolute Gasteiger partial charge is 0.353 e. The number of carbonyl (C=O) groups excluding carboxylic acids is 1. The Morgan fingerprint density at radius 3 is 1.96 bits per heavy atom. The molecule has 0 spiro atoms. The summed E-state index contributed by atoms with van der Waals surface area (Å²) in [6.07, 6.45) is 9.98. The average molecular weight is 323 g/mol. The molecule has 2 N–H and O–H groups in total. The third kappa shape index (κ3) is 5.48. The zero-order valence-corrected chi connectivity index (χ0v) is 15.7. The van der Waals surface area contributed by atoms with Crippen LogP contribution in [0.5, 0.6) is 0 Å². The highest BCUT2D eigenvalue weighted by molar-refractivity contribution is 5.75. The van der Waals surface area contributed by atoms with Gasteiger partial charge in [-0.1, -0.05) is 27.7 Å². The maximum absolute atomic E-state index is 11.6. The molecule has 0 aromatic rings. The fraction of sp³-hybridized carbons (Fsp3) is 0.950. The van der Waals surface area contributed by atoms with E-state index in [9.17, 15) is 4.79 Å². The third-order valence-electron chi connectivity index (χ3n) is 6.36. The smallest absolute Gasteiger partial charge is 0.219 e. The van der Waals surface area contributed by atoms with Crippen LogP contribution < -0.4 is 10.6 Å². The molecule has 0 saturated heterocycles. The Kier molecular flexibility index (Phi) is 7.39. The minimum Gasteiger partial charge on any atom is -0.353 e. The molecule has 6 atom stereocenters. The van der Waals surface area contributed by atoms with Crippen molar-refractivity contribution in [3.63, 3.8) is 0 Å². The second-order valence-corrected chi connectivity index (χ2v) is 8.24. The van der Waals surface area contributed by atoms with E-state index in [0.29, 0.717) is 18.4 Å². The summed E-state index contributed by atoms with van der Waals surface area (Å²) >= 11 is 0. The Morgan fingerprint density at radius 2 is 1.48 bits per heavy atom. The van der Waals surface area contributed by atoms with Gasteiger partial charge in [0.05, 0.1) is 0 Å². The molecule has 0 aromatic carbocycles. The summed E-state index contributed by atoms with van der Waals surface area (Å²) in [4.78, 5) is 11.6. The van der Waals surface area contributed by atoms with E-state index in [0.717, 1.165) is 30.3 Å².